The number of carbonyl (C=O) groups excluding carboxylic acids is 1. The van der Waals surface area contributed by atoms with E-state index in [0.29, 0.717) is 0 Å². The first-order valence-corrected chi connectivity index (χ1v) is 8.27. The van der Waals surface area contributed by atoms with Gasteiger partial charge in [0.1, 0.15) is 12.3 Å². The topological polar surface area (TPSA) is 44.4 Å². The smallest absolute Gasteiger partial charge is 0.212 e. The number of aryl methyl sites for hydroxylation is 2. The Morgan fingerprint density at radius 3 is 1.78 bits per heavy atom. The van der Waals surface area contributed by atoms with Crippen molar-refractivity contribution in [1.82, 2.24) is 4.90 Å². The first-order valence-electron chi connectivity index (χ1n) is 8.27. The summed E-state index contributed by atoms with van der Waals surface area (Å²) in [7, 11) is 0. The normalized spacial score (nSPS) is 22.1. The van der Waals surface area contributed by atoms with Gasteiger partial charge in [0.2, 0.25) is 6.41 Å². The van der Waals surface area contributed by atoms with Gasteiger partial charge in [-0.2, -0.15) is 0 Å². The summed E-state index contributed by atoms with van der Waals surface area (Å²) in [6.45, 7) is 0. The molecule has 2 aromatic carbocycles. The van der Waals surface area contributed by atoms with Gasteiger partial charge in [0, 0.05) is 11.4 Å². The van der Waals surface area contributed by atoms with Crippen LogP contribution in [-0.4, -0.2) is 23.6 Å². The van der Waals surface area contributed by atoms with E-state index in [1.54, 1.807) is 0 Å². The number of carbonyl (C=O) groups is 1. The Kier molecular flexibility index (Phi) is 3.66. The third-order valence-electron chi connectivity index (χ3n) is 4.89. The van der Waals surface area contributed by atoms with Crippen molar-refractivity contribution in [2.45, 2.75) is 38.0 Å². The number of benzene rings is 2. The predicted molar refractivity (Wildman–Crippen MR) is 92.3 cm³/mol. The molecule has 2 aromatic rings. The molecular formula is C19H21N3O. The van der Waals surface area contributed by atoms with Crippen LogP contribution in [0.2, 0.25) is 0 Å². The van der Waals surface area contributed by atoms with E-state index in [1.165, 1.54) is 11.1 Å². The third kappa shape index (κ3) is 2.65. The molecule has 0 bridgehead atoms. The molecule has 2 aliphatic rings. The van der Waals surface area contributed by atoms with Crippen molar-refractivity contribution in [3.05, 3.63) is 59.7 Å². The van der Waals surface area contributed by atoms with Crippen LogP contribution in [0, 0.1) is 0 Å². The molecule has 2 aliphatic heterocycles. The molecule has 0 spiro atoms. The molecule has 118 valence electrons. The minimum absolute atomic E-state index is 0.0464. The second-order valence-electron chi connectivity index (χ2n) is 6.26. The molecule has 2 unspecified atom stereocenters. The summed E-state index contributed by atoms with van der Waals surface area (Å²) in [4.78, 5) is 13.7. The molecule has 4 nitrogen and oxygen atoms in total. The molecule has 2 atom stereocenters. The molecule has 0 radical (unpaired) electrons. The largest absolute Gasteiger partial charge is 0.365 e. The van der Waals surface area contributed by atoms with Crippen molar-refractivity contribution >= 4 is 17.8 Å². The molecule has 0 saturated carbocycles. The van der Waals surface area contributed by atoms with Gasteiger partial charge in [0.05, 0.1) is 0 Å². The zero-order chi connectivity index (χ0) is 15.6. The van der Waals surface area contributed by atoms with Gasteiger partial charge in [-0.05, 0) is 48.9 Å². The summed E-state index contributed by atoms with van der Waals surface area (Å²) in [5.74, 6) is 0. The van der Waals surface area contributed by atoms with Gasteiger partial charge in [-0.25, -0.2) is 0 Å². The van der Waals surface area contributed by atoms with Crippen molar-refractivity contribution in [1.29, 1.82) is 0 Å². The minimum atomic E-state index is 0.0464. The molecule has 2 N–H and O–H groups in total. The van der Waals surface area contributed by atoms with E-state index in [2.05, 4.69) is 47.0 Å². The lowest BCUT2D eigenvalue weighted by Crippen LogP contribution is -2.52. The Bertz CT molecular complexity index is 658. The second kappa shape index (κ2) is 5.95. The first kappa shape index (κ1) is 14.1. The lowest BCUT2D eigenvalue weighted by atomic mass is 9.98. The van der Waals surface area contributed by atoms with Crippen molar-refractivity contribution in [2.24, 2.45) is 0 Å². The maximum absolute atomic E-state index is 11.8. The number of hydrogen-bond donors (Lipinski definition) is 2. The zero-order valence-electron chi connectivity index (χ0n) is 13.0. The molecule has 0 saturated heterocycles. The summed E-state index contributed by atoms with van der Waals surface area (Å²) in [5.41, 5.74) is 4.95. The van der Waals surface area contributed by atoms with Gasteiger partial charge in [-0.15, -0.1) is 0 Å². The van der Waals surface area contributed by atoms with Crippen LogP contribution in [-0.2, 0) is 17.6 Å². The molecule has 2 heterocycles. The quantitative estimate of drug-likeness (QED) is 0.856. The van der Waals surface area contributed by atoms with Crippen molar-refractivity contribution in [2.75, 3.05) is 10.6 Å². The van der Waals surface area contributed by atoms with Crippen LogP contribution in [0.3, 0.4) is 0 Å². The number of nitrogens with one attached hydrogen (secondary N) is 2. The van der Waals surface area contributed by atoms with E-state index in [0.717, 1.165) is 43.5 Å². The van der Waals surface area contributed by atoms with Gasteiger partial charge in [-0.1, -0.05) is 36.4 Å². The Labute approximate surface area is 136 Å². The van der Waals surface area contributed by atoms with E-state index in [9.17, 15) is 4.79 Å². The van der Waals surface area contributed by atoms with Crippen LogP contribution in [0.4, 0.5) is 11.4 Å². The summed E-state index contributed by atoms with van der Waals surface area (Å²) in [6, 6.07) is 16.7. The number of para-hydroxylation sites is 2. The molecule has 0 fully saturated rings. The highest BCUT2D eigenvalue weighted by molar-refractivity contribution is 5.59. The fraction of sp³-hybridized carbons (Fsp3) is 0.316. The lowest BCUT2D eigenvalue weighted by molar-refractivity contribution is -0.121. The maximum atomic E-state index is 11.8. The van der Waals surface area contributed by atoms with Gasteiger partial charge in [0.15, 0.2) is 0 Å². The molecule has 0 aliphatic carbocycles. The van der Waals surface area contributed by atoms with Crippen LogP contribution in [0.5, 0.6) is 0 Å². The standard InChI is InChI=1S/C19H21N3O/c23-13-22(18-11-9-14-5-1-3-7-16(14)20-18)19-12-10-15-6-2-4-8-17(15)21-19/h1-8,13,18-21H,9-12H2. The minimum Gasteiger partial charge on any atom is -0.365 e. The summed E-state index contributed by atoms with van der Waals surface area (Å²) < 4.78 is 0. The molecular weight excluding hydrogens is 286 g/mol. The molecule has 4 rings (SSSR count). The van der Waals surface area contributed by atoms with E-state index < -0.39 is 0 Å². The van der Waals surface area contributed by atoms with E-state index in [-0.39, 0.29) is 12.3 Å². The SMILES string of the molecule is O=CN(C1CCc2ccccc2N1)C1CCc2ccccc2N1. The highest BCUT2D eigenvalue weighted by Crippen LogP contribution is 2.30. The number of rotatable bonds is 3. The summed E-state index contributed by atoms with van der Waals surface area (Å²) >= 11 is 0. The number of amides is 1. The van der Waals surface area contributed by atoms with E-state index in [4.69, 9.17) is 0 Å². The lowest BCUT2D eigenvalue weighted by Gasteiger charge is -2.41. The Morgan fingerprint density at radius 1 is 0.826 bits per heavy atom. The summed E-state index contributed by atoms with van der Waals surface area (Å²) in [5, 5.41) is 7.05. The zero-order valence-corrected chi connectivity index (χ0v) is 13.0. The van der Waals surface area contributed by atoms with Crippen LogP contribution in [0.1, 0.15) is 24.0 Å². The fourth-order valence-corrected chi connectivity index (χ4v) is 3.66. The van der Waals surface area contributed by atoms with Crippen molar-refractivity contribution in [3.63, 3.8) is 0 Å². The monoisotopic (exact) mass is 307 g/mol. The van der Waals surface area contributed by atoms with Gasteiger partial charge in [-0.3, -0.25) is 4.79 Å². The van der Waals surface area contributed by atoms with Crippen LogP contribution >= 0.6 is 0 Å². The van der Waals surface area contributed by atoms with Gasteiger partial charge in [0.25, 0.3) is 0 Å². The maximum Gasteiger partial charge on any atom is 0.212 e. The van der Waals surface area contributed by atoms with Crippen molar-refractivity contribution in [3.8, 4) is 0 Å². The van der Waals surface area contributed by atoms with Crippen LogP contribution < -0.4 is 10.6 Å². The van der Waals surface area contributed by atoms with Gasteiger partial charge < -0.3 is 15.5 Å². The molecule has 0 aromatic heterocycles. The van der Waals surface area contributed by atoms with Crippen LogP contribution in [0.15, 0.2) is 48.5 Å². The average molecular weight is 307 g/mol. The third-order valence-corrected chi connectivity index (χ3v) is 4.89. The highest BCUT2D eigenvalue weighted by Gasteiger charge is 2.30. The predicted octanol–water partition coefficient (Wildman–Crippen LogP) is 3.21. The number of nitrogens with zero attached hydrogens (tertiary/aromatic N) is 1. The molecule has 4 heteroatoms. The molecule has 1 amide bonds. The summed E-state index contributed by atoms with van der Waals surface area (Å²) in [6.07, 6.45) is 4.96. The number of hydrogen-bond acceptors (Lipinski definition) is 3. The Morgan fingerprint density at radius 2 is 1.30 bits per heavy atom. The number of fused-ring (bicyclic) bond motifs is 2. The van der Waals surface area contributed by atoms with Crippen molar-refractivity contribution < 1.29 is 4.79 Å². The van der Waals surface area contributed by atoms with E-state index >= 15 is 0 Å². The van der Waals surface area contributed by atoms with Gasteiger partial charge >= 0.3 is 0 Å². The van der Waals surface area contributed by atoms with Crippen LogP contribution in [0.25, 0.3) is 0 Å². The number of anilines is 2. The fourth-order valence-electron chi connectivity index (χ4n) is 3.66. The highest BCUT2D eigenvalue weighted by atomic mass is 16.1. The first-order chi connectivity index (χ1) is 11.3. The average Bonchev–Trinajstić information content (AvgIpc) is 2.62. The second-order valence-corrected chi connectivity index (χ2v) is 6.26. The Balaban J connectivity index is 1.53. The Hall–Kier alpha value is -2.49. The van der Waals surface area contributed by atoms with E-state index in [1.807, 2.05) is 17.0 Å². The molecule has 23 heavy (non-hydrogen) atoms.